The van der Waals surface area contributed by atoms with Crippen LogP contribution < -0.4 is 38.4 Å². The molecule has 20 nitrogen and oxygen atoms in total. The molecule has 4 aliphatic rings. The number of aliphatic hydroxyl groups excluding tert-OH is 1. The van der Waals surface area contributed by atoms with Gasteiger partial charge in [0.25, 0.3) is 29.0 Å². The van der Waals surface area contributed by atoms with Crippen molar-refractivity contribution in [3.8, 4) is 56.8 Å². The fraction of sp³-hybridized carbons (Fsp3) is 0.596. The van der Waals surface area contributed by atoms with E-state index in [1.54, 1.807) is 28.4 Å². The van der Waals surface area contributed by atoms with Crippen LogP contribution in [-0.2, 0) is 36.2 Å². The predicted molar refractivity (Wildman–Crippen MR) is 509 cm³/mol. The smallest absolute Gasteiger partial charge is 0.407 e. The third kappa shape index (κ3) is 24.9. The van der Waals surface area contributed by atoms with Gasteiger partial charge in [0.2, 0.25) is 0 Å². The minimum atomic E-state index is -2.29. The van der Waals surface area contributed by atoms with Crippen molar-refractivity contribution in [1.29, 1.82) is 0 Å². The molecule has 24 heteroatoms. The Labute approximate surface area is 743 Å². The lowest BCUT2D eigenvalue weighted by Gasteiger charge is -2.37. The van der Waals surface area contributed by atoms with Crippen LogP contribution in [-0.4, -0.2) is 191 Å². The molecule has 0 radical (unpaired) electrons. The number of unbranched alkanes of at least 4 members (excludes halogenated alkanes) is 2. The summed E-state index contributed by atoms with van der Waals surface area (Å²) in [7, 11) is -0.694. The van der Waals surface area contributed by atoms with Crippen LogP contribution in [0.2, 0.25) is 78.1 Å². The molecule has 6 atom stereocenters. The van der Waals surface area contributed by atoms with Crippen molar-refractivity contribution in [2.24, 2.45) is 0 Å². The molecule has 0 unspecified atom stereocenters. The summed E-state index contributed by atoms with van der Waals surface area (Å²) in [5.41, 5.74) is 15.3. The number of hydrogen-bond donors (Lipinski definition) is 3. The zero-order chi connectivity index (χ0) is 90.7. The number of benzene rings is 6. The summed E-state index contributed by atoms with van der Waals surface area (Å²) in [6.45, 7) is 73.3. The Bertz CT molecular complexity index is 4420. The van der Waals surface area contributed by atoms with Gasteiger partial charge in [-0.2, -0.15) is 0 Å². The van der Waals surface area contributed by atoms with Gasteiger partial charge in [0.1, 0.15) is 48.3 Å². The van der Waals surface area contributed by atoms with Gasteiger partial charge in [0, 0.05) is 86.3 Å². The van der Waals surface area contributed by atoms with Gasteiger partial charge in [-0.25, -0.2) is 32.5 Å². The van der Waals surface area contributed by atoms with E-state index in [4.69, 9.17) is 64.3 Å². The second kappa shape index (κ2) is 44.6. The van der Waals surface area contributed by atoms with Crippen LogP contribution in [0.4, 0.5) is 9.59 Å². The number of fused-ring (bicyclic) bond motifs is 6. The number of ether oxygens (including phenoxy) is 8. The minimum Gasteiger partial charge on any atom is -0.541 e. The van der Waals surface area contributed by atoms with Gasteiger partial charge < -0.3 is 66.9 Å². The molecule has 2 heterocycles. The monoisotopic (exact) mass is 1760 g/mol. The SMILES string of the molecule is CC(C)[Si](C)(C)C(C)C.[C-]#[N+][C@H]([C@H](Cc1cc(O[Si](C)(C)C(C)(C)C)c(OC)c(C)c1OC)NC(=O)OCC1c2ccccc2-c2ccccc21)N1CCO[C@@H](CCCCO)C1.[C-]#[N+][C@H]([C@H](Cc1cc(O[Si](C)(C)C(C)(C)C)c(OC)c(C)c1OC)NC(=O)OCC1c2ccccc2-c2ccccc21)N1CCO[C@@H](CCCCO[Si](C)(C(C)C)C(C)C)C1. The van der Waals surface area contributed by atoms with Gasteiger partial charge in [-0.1, -0.05) is 218 Å². The van der Waals surface area contributed by atoms with Gasteiger partial charge in [-0.3, -0.25) is 9.69 Å². The average Bonchev–Trinajstić information content (AvgIpc) is 1.75. The van der Waals surface area contributed by atoms with Crippen molar-refractivity contribution in [3.63, 3.8) is 0 Å². The summed E-state index contributed by atoms with van der Waals surface area (Å²) in [6, 6.07) is 35.7. The normalized spacial score (nSPS) is 16.9. The number of nitrogens with zero attached hydrogens (tertiary/aromatic N) is 4. The topological polar surface area (TPSA) is 195 Å². The Morgan fingerprint density at radius 3 is 1.13 bits per heavy atom. The molecule has 2 fully saturated rings. The lowest BCUT2D eigenvalue weighted by atomic mass is 9.98. The maximum Gasteiger partial charge on any atom is 0.407 e. The number of rotatable bonds is 36. The molecular weight excluding hydrogens is 1610 g/mol. The number of carbonyl (C=O) groups is 2. The van der Waals surface area contributed by atoms with Crippen molar-refractivity contribution in [3.05, 3.63) is 177 Å². The largest absolute Gasteiger partial charge is 0.541 e. The van der Waals surface area contributed by atoms with Crippen molar-refractivity contribution < 1.29 is 65.9 Å². The number of hydrogen-bond acceptors (Lipinski definition) is 16. The van der Waals surface area contributed by atoms with Gasteiger partial charge in [-0.15, -0.1) is 0 Å². The van der Waals surface area contributed by atoms with E-state index >= 15 is 0 Å². The number of aliphatic hydroxyl groups is 1. The number of carbonyl (C=O) groups excluding carboxylic acids is 2. The van der Waals surface area contributed by atoms with E-state index in [0.29, 0.717) is 97.8 Å². The van der Waals surface area contributed by atoms with Gasteiger partial charge >= 0.3 is 12.2 Å². The maximum absolute atomic E-state index is 14.1. The third-order valence-corrected chi connectivity index (χ3v) is 48.0. The van der Waals surface area contributed by atoms with E-state index in [1.807, 2.05) is 74.5 Å². The lowest BCUT2D eigenvalue weighted by molar-refractivity contribution is -0.0461. The first kappa shape index (κ1) is 101. The highest BCUT2D eigenvalue weighted by atomic mass is 28.4. The number of morpholine rings is 2. The molecule has 0 spiro atoms. The molecule has 0 aromatic heterocycles. The molecule has 2 saturated heterocycles. The van der Waals surface area contributed by atoms with Crippen LogP contribution in [0.25, 0.3) is 31.9 Å². The molecule has 3 N–H and O–H groups in total. The highest BCUT2D eigenvalue weighted by molar-refractivity contribution is 6.80. The van der Waals surface area contributed by atoms with Crippen molar-refractivity contribution >= 4 is 45.2 Å². The molecule has 0 saturated carbocycles. The predicted octanol–water partition coefficient (Wildman–Crippen LogP) is 22.8. The first-order valence-corrected chi connectivity index (χ1v) is 56.4. The summed E-state index contributed by atoms with van der Waals surface area (Å²) in [4.78, 5) is 40.6. The maximum atomic E-state index is 14.1. The lowest BCUT2D eigenvalue weighted by Crippen LogP contribution is -2.56. The zero-order valence-electron chi connectivity index (χ0n) is 79.6. The summed E-state index contributed by atoms with van der Waals surface area (Å²) in [6.07, 6.45) is 3.05. The number of amides is 2. The molecular formula is C99H150N6O14Si4. The number of methoxy groups -OCH3 is 4. The molecule has 2 aliphatic heterocycles. The fourth-order valence-corrected chi connectivity index (χ4v) is 22.6. The molecule has 2 amide bonds. The Balaban J connectivity index is 0.000000279. The highest BCUT2D eigenvalue weighted by Gasteiger charge is 2.46. The van der Waals surface area contributed by atoms with Crippen LogP contribution in [0.5, 0.6) is 34.5 Å². The summed E-state index contributed by atoms with van der Waals surface area (Å²) < 4.78 is 68.7. The molecule has 2 aliphatic carbocycles. The van der Waals surface area contributed by atoms with Crippen molar-refractivity contribution in [2.75, 3.05) is 94.3 Å². The summed E-state index contributed by atoms with van der Waals surface area (Å²) >= 11 is 0. The second-order valence-corrected chi connectivity index (χ2v) is 59.4. The van der Waals surface area contributed by atoms with Gasteiger partial charge in [0.15, 0.2) is 19.8 Å². The highest BCUT2D eigenvalue weighted by Crippen LogP contribution is 2.50. The van der Waals surface area contributed by atoms with E-state index < -0.39 is 69.6 Å². The van der Waals surface area contributed by atoms with E-state index in [0.717, 1.165) is 117 Å². The minimum absolute atomic E-state index is 0.0331. The third-order valence-electron chi connectivity index (χ3n) is 27.9. The molecule has 676 valence electrons. The van der Waals surface area contributed by atoms with Gasteiger partial charge in [0.05, 0.1) is 61.9 Å². The van der Waals surface area contributed by atoms with Crippen LogP contribution in [0, 0.1) is 27.0 Å². The number of alkyl carbamates (subject to hydrolysis) is 2. The number of nitrogens with one attached hydrogen (secondary N) is 2. The Hall–Kier alpha value is -7.73. The van der Waals surface area contributed by atoms with Crippen LogP contribution >= 0.6 is 0 Å². The molecule has 123 heavy (non-hydrogen) atoms. The quantitative estimate of drug-likeness (QED) is 0.0191. The van der Waals surface area contributed by atoms with E-state index in [9.17, 15) is 14.7 Å². The van der Waals surface area contributed by atoms with Crippen molar-refractivity contribution in [2.45, 2.75) is 289 Å². The summed E-state index contributed by atoms with van der Waals surface area (Å²) in [5.74, 6) is 3.57. The zero-order valence-corrected chi connectivity index (χ0v) is 83.6. The van der Waals surface area contributed by atoms with Crippen LogP contribution in [0.15, 0.2) is 109 Å². The molecule has 6 aromatic carbocycles. The second-order valence-electron chi connectivity index (χ2n) is 39.0. The molecule has 0 bridgehead atoms. The fourth-order valence-electron chi connectivity index (χ4n) is 16.6. The molecule has 10 rings (SSSR count). The van der Waals surface area contributed by atoms with Crippen molar-refractivity contribution in [1.82, 2.24) is 20.4 Å². The Kier molecular flexibility index (Phi) is 36.5. The average molecular weight is 1760 g/mol. The molecule has 6 aromatic rings. The standard InChI is InChI=1S/C49H73N3O7Si2.C42H57N3O7Si.C8H20Si/c1-33(2)61(14,34(3)4)58-27-20-19-21-37-31-52(26-28-56-37)47(50-9)43(29-36-30-44(59-60(12,13)49(6,7)8)46(55-11)35(5)45(36)54-10)51-48(53)57-32-42-40-24-17-15-22-38(40)39-23-16-18-25-41(39)42;1-28-38(48-6)29(25-37(39(28)49-7)52-53(8,9)42(2,3)4)24-36(40(43-5)45-21-23-50-30(26-45)16-14-15-22-46)44-41(47)51-27-35-33-19-12-10-17-31(33)32-18-11-13-20-34(32)35;1-7(2)9(5,6)8(3)4/h15-18,22-25,30,33-34,37,42-43,47H,19-21,26-29,31-32H2,1-8,10-14H3,(H,51,53);10-13,17-20,25,30,35-36,40,46H,14-16,21-24,26-27H2,1-4,6-9H3,(H,44,47);7-8H,1-6H3/t37-,43-,47-;30-,36-,40-;/m00./s1. The van der Waals surface area contributed by atoms with Crippen LogP contribution in [0.3, 0.4) is 0 Å². The van der Waals surface area contributed by atoms with Gasteiger partial charge in [-0.05, 0) is 163 Å². The van der Waals surface area contributed by atoms with E-state index in [2.05, 4.69) is 221 Å². The van der Waals surface area contributed by atoms with E-state index in [1.165, 1.54) is 0 Å². The Morgan fingerprint density at radius 1 is 0.504 bits per heavy atom. The first-order valence-electron chi connectivity index (χ1n) is 44.9. The Morgan fingerprint density at radius 2 is 0.837 bits per heavy atom. The van der Waals surface area contributed by atoms with Crippen LogP contribution in [0.1, 0.15) is 192 Å². The first-order chi connectivity index (χ1) is 58.1. The summed E-state index contributed by atoms with van der Waals surface area (Å²) in [5, 5.41) is 15.5. The van der Waals surface area contributed by atoms with E-state index in [-0.39, 0.29) is 60.4 Å².